The highest BCUT2D eigenvalue weighted by atomic mass is 32.2. The van der Waals surface area contributed by atoms with Crippen molar-refractivity contribution in [2.45, 2.75) is 23.3 Å². The molecule has 1 N–H and O–H groups in total. The zero-order chi connectivity index (χ0) is 17.0. The Kier molecular flexibility index (Phi) is 5.03. The predicted octanol–water partition coefficient (Wildman–Crippen LogP) is 4.84. The van der Waals surface area contributed by atoms with E-state index in [9.17, 15) is 5.11 Å². The molecule has 0 unspecified atom stereocenters. The smallest absolute Gasteiger partial charge is 0.0992 e. The number of thioether (sulfide) groups is 1. The van der Waals surface area contributed by atoms with E-state index in [0.29, 0.717) is 0 Å². The van der Waals surface area contributed by atoms with Crippen LogP contribution in [0.5, 0.6) is 0 Å². The highest BCUT2D eigenvalue weighted by Crippen LogP contribution is 2.41. The average molecular weight is 335 g/mol. The lowest BCUT2D eigenvalue weighted by molar-refractivity contribution is 0.0380. The van der Waals surface area contributed by atoms with Crippen molar-refractivity contribution in [1.29, 1.82) is 0 Å². The van der Waals surface area contributed by atoms with Gasteiger partial charge in [0.05, 0.1) is 17.2 Å². The molecule has 24 heavy (non-hydrogen) atoms. The maximum absolute atomic E-state index is 11.5. The van der Waals surface area contributed by atoms with Gasteiger partial charge in [-0.2, -0.15) is 0 Å². The molecule has 3 aromatic rings. The van der Waals surface area contributed by atoms with E-state index in [4.69, 9.17) is 0 Å². The zero-order valence-corrected chi connectivity index (χ0v) is 14.7. The molecule has 1 aromatic heterocycles. The Morgan fingerprint density at radius 1 is 0.917 bits per heavy atom. The van der Waals surface area contributed by atoms with Gasteiger partial charge in [-0.1, -0.05) is 48.5 Å². The molecule has 2 atom stereocenters. The van der Waals surface area contributed by atoms with E-state index >= 15 is 0 Å². The second-order valence-electron chi connectivity index (χ2n) is 5.97. The number of aliphatic hydroxyl groups is 1. The van der Waals surface area contributed by atoms with E-state index in [1.54, 1.807) is 18.0 Å². The summed E-state index contributed by atoms with van der Waals surface area (Å²) >= 11 is 1.70. The molecule has 1 heterocycles. The van der Waals surface area contributed by atoms with Gasteiger partial charge in [0.15, 0.2) is 0 Å². The monoisotopic (exact) mass is 335 g/mol. The van der Waals surface area contributed by atoms with Crippen molar-refractivity contribution >= 4 is 11.8 Å². The highest BCUT2D eigenvalue weighted by molar-refractivity contribution is 7.98. The molecule has 0 aliphatic rings. The highest BCUT2D eigenvalue weighted by Gasteiger charge is 2.36. The maximum Gasteiger partial charge on any atom is 0.0992 e. The number of nitrogens with zero attached hydrogens (tertiary/aromatic N) is 1. The SMILES string of the molecule is CSc1ccc([C@](C)(O)[C@H](c2ccccc2)c2ccccn2)cc1. The third kappa shape index (κ3) is 3.37. The summed E-state index contributed by atoms with van der Waals surface area (Å²) in [7, 11) is 0. The summed E-state index contributed by atoms with van der Waals surface area (Å²) in [4.78, 5) is 5.70. The molecule has 2 aromatic carbocycles. The van der Waals surface area contributed by atoms with Crippen molar-refractivity contribution in [2.24, 2.45) is 0 Å². The van der Waals surface area contributed by atoms with E-state index in [1.165, 1.54) is 4.90 Å². The van der Waals surface area contributed by atoms with E-state index in [-0.39, 0.29) is 5.92 Å². The molecule has 0 spiro atoms. The Morgan fingerprint density at radius 3 is 2.17 bits per heavy atom. The molecule has 122 valence electrons. The fourth-order valence-electron chi connectivity index (χ4n) is 3.07. The fraction of sp³-hybridized carbons (Fsp3) is 0.190. The molecule has 0 fully saturated rings. The van der Waals surface area contributed by atoms with Gasteiger partial charge in [-0.3, -0.25) is 4.98 Å². The van der Waals surface area contributed by atoms with E-state index in [2.05, 4.69) is 17.1 Å². The van der Waals surface area contributed by atoms with Crippen molar-refractivity contribution < 1.29 is 5.11 Å². The second kappa shape index (κ2) is 7.20. The topological polar surface area (TPSA) is 33.1 Å². The van der Waals surface area contributed by atoms with Crippen LogP contribution in [0.1, 0.15) is 29.7 Å². The van der Waals surface area contributed by atoms with Crippen molar-refractivity contribution in [1.82, 2.24) is 4.98 Å². The molecule has 0 saturated heterocycles. The molecule has 0 amide bonds. The van der Waals surface area contributed by atoms with Gasteiger partial charge in [0.25, 0.3) is 0 Å². The number of hydrogen-bond acceptors (Lipinski definition) is 3. The largest absolute Gasteiger partial charge is 0.384 e. The molecule has 0 aliphatic heterocycles. The minimum absolute atomic E-state index is 0.236. The van der Waals surface area contributed by atoms with Gasteiger partial charge >= 0.3 is 0 Å². The summed E-state index contributed by atoms with van der Waals surface area (Å²) in [6.07, 6.45) is 3.83. The Labute approximate surface area is 147 Å². The lowest BCUT2D eigenvalue weighted by Gasteiger charge is -2.33. The number of benzene rings is 2. The fourth-order valence-corrected chi connectivity index (χ4v) is 3.48. The molecule has 0 aliphatic carbocycles. The Hall–Kier alpha value is -2.10. The van der Waals surface area contributed by atoms with Crippen LogP contribution in [0.2, 0.25) is 0 Å². The first kappa shape index (κ1) is 16.7. The number of pyridine rings is 1. The zero-order valence-electron chi connectivity index (χ0n) is 13.9. The van der Waals surface area contributed by atoms with Gasteiger partial charge in [-0.25, -0.2) is 0 Å². The maximum atomic E-state index is 11.5. The summed E-state index contributed by atoms with van der Waals surface area (Å²) < 4.78 is 0. The van der Waals surface area contributed by atoms with Crippen LogP contribution >= 0.6 is 11.8 Å². The van der Waals surface area contributed by atoms with Crippen LogP contribution in [0, 0.1) is 0 Å². The summed E-state index contributed by atoms with van der Waals surface area (Å²) in [5, 5.41) is 11.5. The first-order chi connectivity index (χ1) is 11.6. The first-order valence-electron chi connectivity index (χ1n) is 7.95. The summed E-state index contributed by atoms with van der Waals surface area (Å²) in [5.74, 6) is -0.236. The van der Waals surface area contributed by atoms with Crippen LogP contribution in [-0.4, -0.2) is 16.3 Å². The van der Waals surface area contributed by atoms with Crippen LogP contribution in [-0.2, 0) is 5.60 Å². The number of aromatic nitrogens is 1. The number of hydrogen-bond donors (Lipinski definition) is 1. The molecule has 3 heteroatoms. The molecular formula is C21H21NOS. The quantitative estimate of drug-likeness (QED) is 0.677. The van der Waals surface area contributed by atoms with Gasteiger partial charge < -0.3 is 5.11 Å². The van der Waals surface area contributed by atoms with Crippen molar-refractivity contribution in [2.75, 3.05) is 6.26 Å². The molecule has 0 bridgehead atoms. The second-order valence-corrected chi connectivity index (χ2v) is 6.85. The lowest BCUT2D eigenvalue weighted by Crippen LogP contribution is -2.31. The van der Waals surface area contributed by atoms with Crippen LogP contribution in [0.15, 0.2) is 83.9 Å². The lowest BCUT2D eigenvalue weighted by atomic mass is 9.76. The van der Waals surface area contributed by atoms with Crippen LogP contribution in [0.3, 0.4) is 0 Å². The van der Waals surface area contributed by atoms with Gasteiger partial charge in [-0.15, -0.1) is 11.8 Å². The Balaban J connectivity index is 2.09. The molecular weight excluding hydrogens is 314 g/mol. The number of rotatable bonds is 5. The third-order valence-electron chi connectivity index (χ3n) is 4.35. The Bertz CT molecular complexity index is 730. The summed E-state index contributed by atoms with van der Waals surface area (Å²) in [6.45, 7) is 1.87. The van der Waals surface area contributed by atoms with Crippen LogP contribution < -0.4 is 0 Å². The molecule has 0 saturated carbocycles. The predicted molar refractivity (Wildman–Crippen MR) is 100 cm³/mol. The van der Waals surface area contributed by atoms with Gasteiger partial charge in [0.2, 0.25) is 0 Å². The van der Waals surface area contributed by atoms with Crippen molar-refractivity contribution in [3.8, 4) is 0 Å². The normalized spacial score (nSPS) is 14.8. The summed E-state index contributed by atoms with van der Waals surface area (Å²) in [5.41, 5.74) is 1.74. The van der Waals surface area contributed by atoms with Crippen molar-refractivity contribution in [3.63, 3.8) is 0 Å². The van der Waals surface area contributed by atoms with E-state index in [1.807, 2.05) is 73.8 Å². The average Bonchev–Trinajstić information content (AvgIpc) is 2.63. The molecule has 0 radical (unpaired) electrons. The molecule has 2 nitrogen and oxygen atoms in total. The summed E-state index contributed by atoms with van der Waals surface area (Å²) in [6, 6.07) is 24.0. The van der Waals surface area contributed by atoms with Crippen molar-refractivity contribution in [3.05, 3.63) is 95.8 Å². The van der Waals surface area contributed by atoms with Crippen LogP contribution in [0.4, 0.5) is 0 Å². The minimum Gasteiger partial charge on any atom is -0.384 e. The van der Waals surface area contributed by atoms with E-state index in [0.717, 1.165) is 16.8 Å². The van der Waals surface area contributed by atoms with E-state index < -0.39 is 5.60 Å². The third-order valence-corrected chi connectivity index (χ3v) is 5.10. The standard InChI is InChI=1S/C21H21NOS/c1-21(23,17-11-13-18(24-2)14-12-17)20(16-8-4-3-5-9-16)19-10-6-7-15-22-19/h3-15,20,23H,1-2H3/t20-,21+/m1/s1. The van der Waals surface area contributed by atoms with Gasteiger partial charge in [0, 0.05) is 11.1 Å². The van der Waals surface area contributed by atoms with Crippen LogP contribution in [0.25, 0.3) is 0 Å². The van der Waals surface area contributed by atoms with Gasteiger partial charge in [0.1, 0.15) is 0 Å². The Morgan fingerprint density at radius 2 is 1.58 bits per heavy atom. The van der Waals surface area contributed by atoms with Gasteiger partial charge in [-0.05, 0) is 48.6 Å². The first-order valence-corrected chi connectivity index (χ1v) is 9.18. The minimum atomic E-state index is -1.06. The molecule has 3 rings (SSSR count).